The molecule has 1 aliphatic rings. The molecule has 1 atom stereocenters. The molecule has 0 saturated carbocycles. The van der Waals surface area contributed by atoms with Gasteiger partial charge < -0.3 is 10.2 Å². The summed E-state index contributed by atoms with van der Waals surface area (Å²) in [5.41, 5.74) is 1.04. The fourth-order valence-corrected chi connectivity index (χ4v) is 2.29. The zero-order valence-corrected chi connectivity index (χ0v) is 10.1. The average Bonchev–Trinajstić information content (AvgIpc) is 2.30. The Bertz CT molecular complexity index is 338. The second-order valence-corrected chi connectivity index (χ2v) is 4.51. The van der Waals surface area contributed by atoms with Gasteiger partial charge in [0.25, 0.3) is 0 Å². The molecule has 0 bridgehead atoms. The van der Waals surface area contributed by atoms with Crippen LogP contribution in [0.5, 0.6) is 0 Å². The van der Waals surface area contributed by atoms with Crippen LogP contribution in [0.2, 0.25) is 0 Å². The van der Waals surface area contributed by atoms with Crippen LogP contribution in [-0.4, -0.2) is 36.6 Å². The Morgan fingerprint density at radius 2 is 2.44 bits per heavy atom. The van der Waals surface area contributed by atoms with Crippen LogP contribution in [0.25, 0.3) is 0 Å². The predicted molar refractivity (Wildman–Crippen MR) is 65.6 cm³/mol. The topological polar surface area (TPSA) is 41.0 Å². The summed E-state index contributed by atoms with van der Waals surface area (Å²) in [7, 11) is 2.02. The average molecular weight is 220 g/mol. The van der Waals surface area contributed by atoms with E-state index < -0.39 is 0 Å². The van der Waals surface area contributed by atoms with Crippen LogP contribution in [0.15, 0.2) is 12.3 Å². The standard InChI is InChI=1S/C12H20N4/c1-10-5-6-14-12(15-10)16-7-3-4-11(9-16)8-13-2/h5-6,11,13H,3-4,7-9H2,1-2H3/t11-/m1/s1. The molecule has 2 heterocycles. The Morgan fingerprint density at radius 1 is 1.56 bits per heavy atom. The van der Waals surface area contributed by atoms with Crippen molar-refractivity contribution in [3.8, 4) is 0 Å². The molecule has 0 unspecified atom stereocenters. The Labute approximate surface area is 97.1 Å². The van der Waals surface area contributed by atoms with Crippen molar-refractivity contribution < 1.29 is 0 Å². The fraction of sp³-hybridized carbons (Fsp3) is 0.667. The Balaban J connectivity index is 2.03. The maximum Gasteiger partial charge on any atom is 0.225 e. The lowest BCUT2D eigenvalue weighted by Gasteiger charge is -2.32. The maximum atomic E-state index is 4.49. The van der Waals surface area contributed by atoms with Crippen molar-refractivity contribution >= 4 is 5.95 Å². The first-order valence-electron chi connectivity index (χ1n) is 5.99. The summed E-state index contributed by atoms with van der Waals surface area (Å²) in [4.78, 5) is 11.1. The number of piperidine rings is 1. The molecule has 16 heavy (non-hydrogen) atoms. The first kappa shape index (κ1) is 11.3. The van der Waals surface area contributed by atoms with Gasteiger partial charge in [-0.3, -0.25) is 0 Å². The van der Waals surface area contributed by atoms with Gasteiger partial charge in [0.1, 0.15) is 0 Å². The minimum Gasteiger partial charge on any atom is -0.340 e. The van der Waals surface area contributed by atoms with E-state index >= 15 is 0 Å². The Hall–Kier alpha value is -1.16. The van der Waals surface area contributed by atoms with Gasteiger partial charge >= 0.3 is 0 Å². The molecule has 1 fully saturated rings. The van der Waals surface area contributed by atoms with Crippen LogP contribution in [0.4, 0.5) is 5.95 Å². The number of aryl methyl sites for hydroxylation is 1. The van der Waals surface area contributed by atoms with Crippen molar-refractivity contribution in [1.82, 2.24) is 15.3 Å². The van der Waals surface area contributed by atoms with Crippen LogP contribution in [-0.2, 0) is 0 Å². The third-order valence-corrected chi connectivity index (χ3v) is 3.08. The zero-order chi connectivity index (χ0) is 11.4. The van der Waals surface area contributed by atoms with E-state index in [0.717, 1.165) is 37.2 Å². The van der Waals surface area contributed by atoms with Gasteiger partial charge in [-0.15, -0.1) is 0 Å². The molecule has 1 aromatic heterocycles. The van der Waals surface area contributed by atoms with E-state index in [4.69, 9.17) is 0 Å². The van der Waals surface area contributed by atoms with Gasteiger partial charge in [-0.2, -0.15) is 0 Å². The number of nitrogens with one attached hydrogen (secondary N) is 1. The van der Waals surface area contributed by atoms with Crippen LogP contribution in [0.3, 0.4) is 0 Å². The zero-order valence-electron chi connectivity index (χ0n) is 10.1. The second-order valence-electron chi connectivity index (χ2n) is 4.51. The first-order chi connectivity index (χ1) is 7.79. The Kier molecular flexibility index (Phi) is 3.72. The summed E-state index contributed by atoms with van der Waals surface area (Å²) < 4.78 is 0. The molecule has 0 aliphatic carbocycles. The number of nitrogens with zero attached hydrogens (tertiary/aromatic N) is 3. The van der Waals surface area contributed by atoms with Crippen molar-refractivity contribution in [2.75, 3.05) is 31.6 Å². The van der Waals surface area contributed by atoms with E-state index in [9.17, 15) is 0 Å². The first-order valence-corrected chi connectivity index (χ1v) is 5.99. The molecule has 1 N–H and O–H groups in total. The monoisotopic (exact) mass is 220 g/mol. The van der Waals surface area contributed by atoms with E-state index in [1.54, 1.807) is 0 Å². The lowest BCUT2D eigenvalue weighted by Crippen LogP contribution is -2.39. The van der Waals surface area contributed by atoms with Crippen LogP contribution < -0.4 is 10.2 Å². The van der Waals surface area contributed by atoms with Gasteiger partial charge in [0.15, 0.2) is 0 Å². The summed E-state index contributed by atoms with van der Waals surface area (Å²) in [5, 5.41) is 3.25. The van der Waals surface area contributed by atoms with Crippen molar-refractivity contribution in [3.63, 3.8) is 0 Å². The molecule has 0 radical (unpaired) electrons. The highest BCUT2D eigenvalue weighted by atomic mass is 15.3. The van der Waals surface area contributed by atoms with E-state index in [1.165, 1.54) is 12.8 Å². The minimum absolute atomic E-state index is 0.725. The van der Waals surface area contributed by atoms with Gasteiger partial charge in [0, 0.05) is 25.0 Å². The lowest BCUT2D eigenvalue weighted by molar-refractivity contribution is 0.399. The SMILES string of the molecule is CNC[C@H]1CCCN(c2nccc(C)n2)C1. The number of hydrogen-bond acceptors (Lipinski definition) is 4. The van der Waals surface area contributed by atoms with Crippen molar-refractivity contribution in [1.29, 1.82) is 0 Å². The van der Waals surface area contributed by atoms with E-state index in [1.807, 2.05) is 26.2 Å². The summed E-state index contributed by atoms with van der Waals surface area (Å²) in [6.07, 6.45) is 4.39. The quantitative estimate of drug-likeness (QED) is 0.831. The number of anilines is 1. The summed E-state index contributed by atoms with van der Waals surface area (Å²) in [6, 6.07) is 1.94. The third-order valence-electron chi connectivity index (χ3n) is 3.08. The predicted octanol–water partition coefficient (Wildman–Crippen LogP) is 1.22. The molecule has 4 heteroatoms. The summed E-state index contributed by atoms with van der Waals surface area (Å²) in [5.74, 6) is 1.61. The Morgan fingerprint density at radius 3 is 3.19 bits per heavy atom. The molecule has 1 aromatic rings. The number of aromatic nitrogens is 2. The van der Waals surface area contributed by atoms with Gasteiger partial charge in [-0.05, 0) is 45.3 Å². The third kappa shape index (κ3) is 2.70. The lowest BCUT2D eigenvalue weighted by atomic mass is 9.98. The van der Waals surface area contributed by atoms with Gasteiger partial charge in [0.05, 0.1) is 0 Å². The number of hydrogen-bond donors (Lipinski definition) is 1. The molecule has 4 nitrogen and oxygen atoms in total. The van der Waals surface area contributed by atoms with Crippen LogP contribution in [0, 0.1) is 12.8 Å². The van der Waals surface area contributed by atoms with Crippen molar-refractivity contribution in [3.05, 3.63) is 18.0 Å². The second kappa shape index (κ2) is 5.25. The molecule has 1 saturated heterocycles. The van der Waals surface area contributed by atoms with Gasteiger partial charge in [0.2, 0.25) is 5.95 Å². The maximum absolute atomic E-state index is 4.49. The fourth-order valence-electron chi connectivity index (χ4n) is 2.29. The van der Waals surface area contributed by atoms with E-state index in [-0.39, 0.29) is 0 Å². The van der Waals surface area contributed by atoms with Gasteiger partial charge in [-0.1, -0.05) is 0 Å². The molecular weight excluding hydrogens is 200 g/mol. The molecule has 0 amide bonds. The highest BCUT2D eigenvalue weighted by molar-refractivity contribution is 5.30. The smallest absolute Gasteiger partial charge is 0.225 e. The summed E-state index contributed by atoms with van der Waals surface area (Å²) in [6.45, 7) is 5.26. The normalized spacial score (nSPS) is 21.1. The van der Waals surface area contributed by atoms with Crippen LogP contribution in [0.1, 0.15) is 18.5 Å². The molecule has 0 spiro atoms. The minimum atomic E-state index is 0.725. The van der Waals surface area contributed by atoms with Crippen LogP contribution >= 0.6 is 0 Å². The van der Waals surface area contributed by atoms with E-state index in [0.29, 0.717) is 0 Å². The highest BCUT2D eigenvalue weighted by Crippen LogP contribution is 2.19. The highest BCUT2D eigenvalue weighted by Gasteiger charge is 2.20. The summed E-state index contributed by atoms with van der Waals surface area (Å²) >= 11 is 0. The molecule has 2 rings (SSSR count). The van der Waals surface area contributed by atoms with E-state index in [2.05, 4.69) is 20.2 Å². The van der Waals surface area contributed by atoms with Crippen molar-refractivity contribution in [2.45, 2.75) is 19.8 Å². The van der Waals surface area contributed by atoms with Gasteiger partial charge in [-0.25, -0.2) is 9.97 Å². The molecular formula is C12H20N4. The number of rotatable bonds is 3. The van der Waals surface area contributed by atoms with Crippen molar-refractivity contribution in [2.24, 2.45) is 5.92 Å². The largest absolute Gasteiger partial charge is 0.340 e. The molecule has 1 aliphatic heterocycles. The molecule has 88 valence electrons. The molecule has 0 aromatic carbocycles.